The first-order chi connectivity index (χ1) is 12.3. The summed E-state index contributed by atoms with van der Waals surface area (Å²) in [5, 5.41) is 3.70. The molecule has 2 amide bonds. The molecule has 1 saturated heterocycles. The van der Waals surface area contributed by atoms with Crippen molar-refractivity contribution in [2.24, 2.45) is 5.92 Å². The summed E-state index contributed by atoms with van der Waals surface area (Å²) in [5.41, 5.74) is 4.52. The number of halogens is 2. The van der Waals surface area contributed by atoms with Crippen LogP contribution < -0.4 is 10.2 Å². The van der Waals surface area contributed by atoms with Crippen molar-refractivity contribution in [1.29, 1.82) is 0 Å². The molecule has 1 aliphatic rings. The fourth-order valence-corrected chi connectivity index (χ4v) is 3.82. The number of amides is 2. The average Bonchev–Trinajstić information content (AvgIpc) is 2.95. The highest BCUT2D eigenvalue weighted by atomic mass is 35.5. The van der Waals surface area contributed by atoms with E-state index in [0.29, 0.717) is 15.7 Å². The smallest absolute Gasteiger partial charge is 0.229 e. The van der Waals surface area contributed by atoms with Crippen molar-refractivity contribution in [3.8, 4) is 0 Å². The molecular formula is C20H20Cl2N2O2. The molecule has 3 rings (SSSR count). The predicted octanol–water partition coefficient (Wildman–Crippen LogP) is 4.91. The molecule has 2 aromatic rings. The van der Waals surface area contributed by atoms with E-state index in [1.54, 1.807) is 18.2 Å². The topological polar surface area (TPSA) is 49.4 Å². The molecule has 1 N–H and O–H groups in total. The SMILES string of the molecule is Cc1cc(C)c(NC(=O)C2CC(=O)N(c3cccc(Cl)c3Cl)C2)c(C)c1. The Kier molecular flexibility index (Phi) is 5.26. The number of carbonyl (C=O) groups is 2. The van der Waals surface area contributed by atoms with Gasteiger partial charge in [-0.2, -0.15) is 0 Å². The lowest BCUT2D eigenvalue weighted by Gasteiger charge is -2.19. The summed E-state index contributed by atoms with van der Waals surface area (Å²) in [6.07, 6.45) is 0.151. The van der Waals surface area contributed by atoms with Gasteiger partial charge in [-0.3, -0.25) is 9.59 Å². The minimum atomic E-state index is -0.433. The van der Waals surface area contributed by atoms with Gasteiger partial charge >= 0.3 is 0 Å². The van der Waals surface area contributed by atoms with Crippen LogP contribution in [0.2, 0.25) is 10.0 Å². The van der Waals surface area contributed by atoms with Gasteiger partial charge in [0.15, 0.2) is 0 Å². The number of nitrogens with one attached hydrogen (secondary N) is 1. The van der Waals surface area contributed by atoms with Crippen LogP contribution in [0, 0.1) is 26.7 Å². The first kappa shape index (κ1) is 18.7. The van der Waals surface area contributed by atoms with Gasteiger partial charge in [-0.05, 0) is 44.0 Å². The Morgan fingerprint density at radius 1 is 1.15 bits per heavy atom. The Labute approximate surface area is 163 Å². The summed E-state index contributed by atoms with van der Waals surface area (Å²) in [6.45, 7) is 6.24. The molecule has 1 fully saturated rings. The van der Waals surface area contributed by atoms with Crippen LogP contribution in [0.3, 0.4) is 0 Å². The van der Waals surface area contributed by atoms with Crippen molar-refractivity contribution >= 4 is 46.4 Å². The van der Waals surface area contributed by atoms with Gasteiger partial charge in [0, 0.05) is 18.7 Å². The molecule has 26 heavy (non-hydrogen) atoms. The Balaban J connectivity index is 1.79. The van der Waals surface area contributed by atoms with E-state index in [4.69, 9.17) is 23.2 Å². The normalized spacial score (nSPS) is 16.9. The zero-order chi connectivity index (χ0) is 19.0. The van der Waals surface area contributed by atoms with Gasteiger partial charge in [-0.15, -0.1) is 0 Å². The molecule has 1 aliphatic heterocycles. The second kappa shape index (κ2) is 7.29. The lowest BCUT2D eigenvalue weighted by atomic mass is 10.0. The third-order valence-corrected chi connectivity index (χ3v) is 5.45. The number of nitrogens with zero attached hydrogens (tertiary/aromatic N) is 1. The summed E-state index contributed by atoms with van der Waals surface area (Å²) >= 11 is 12.3. The van der Waals surface area contributed by atoms with Crippen LogP contribution in [0.15, 0.2) is 30.3 Å². The van der Waals surface area contributed by atoms with Crippen LogP contribution in [0.25, 0.3) is 0 Å². The Morgan fingerprint density at radius 2 is 1.81 bits per heavy atom. The molecule has 2 aromatic carbocycles. The van der Waals surface area contributed by atoms with Gasteiger partial charge in [0.2, 0.25) is 11.8 Å². The molecule has 1 heterocycles. The zero-order valence-corrected chi connectivity index (χ0v) is 16.4. The summed E-state index contributed by atoms with van der Waals surface area (Å²) in [7, 11) is 0. The Morgan fingerprint density at radius 3 is 2.46 bits per heavy atom. The van der Waals surface area contributed by atoms with Crippen molar-refractivity contribution in [3.63, 3.8) is 0 Å². The van der Waals surface area contributed by atoms with E-state index in [1.165, 1.54) is 4.90 Å². The predicted molar refractivity (Wildman–Crippen MR) is 106 cm³/mol. The number of benzene rings is 2. The molecule has 0 spiro atoms. The summed E-state index contributed by atoms with van der Waals surface area (Å²) in [4.78, 5) is 26.7. The molecule has 4 nitrogen and oxygen atoms in total. The molecule has 1 atom stereocenters. The van der Waals surface area contributed by atoms with Crippen molar-refractivity contribution in [3.05, 3.63) is 57.1 Å². The Hall–Kier alpha value is -2.04. The first-order valence-corrected chi connectivity index (χ1v) is 9.16. The maximum absolute atomic E-state index is 12.7. The molecule has 1 unspecified atom stereocenters. The quantitative estimate of drug-likeness (QED) is 0.808. The number of aryl methyl sites for hydroxylation is 3. The molecule has 0 bridgehead atoms. The van der Waals surface area contributed by atoms with Crippen LogP contribution in [-0.4, -0.2) is 18.4 Å². The minimum Gasteiger partial charge on any atom is -0.325 e. The molecule has 0 aliphatic carbocycles. The van der Waals surface area contributed by atoms with Gasteiger partial charge < -0.3 is 10.2 Å². The number of rotatable bonds is 3. The van der Waals surface area contributed by atoms with Crippen LogP contribution in [-0.2, 0) is 9.59 Å². The van der Waals surface area contributed by atoms with E-state index in [2.05, 4.69) is 5.32 Å². The average molecular weight is 391 g/mol. The van der Waals surface area contributed by atoms with E-state index in [0.717, 1.165) is 22.4 Å². The number of hydrogen-bond donors (Lipinski definition) is 1. The molecule has 6 heteroatoms. The standard InChI is InChI=1S/C20H20Cl2N2O2/c1-11-7-12(2)19(13(3)8-11)23-20(26)14-9-17(25)24(10-14)16-6-4-5-15(21)18(16)22/h4-8,14H,9-10H2,1-3H3,(H,23,26). The fraction of sp³-hybridized carbons (Fsp3) is 0.300. The van der Waals surface area contributed by atoms with Gasteiger partial charge in [-0.1, -0.05) is 47.0 Å². The summed E-state index contributed by atoms with van der Waals surface area (Å²) in [5.74, 6) is -0.724. The summed E-state index contributed by atoms with van der Waals surface area (Å²) in [6, 6.07) is 9.20. The van der Waals surface area contributed by atoms with E-state index in [1.807, 2.05) is 32.9 Å². The van der Waals surface area contributed by atoms with Gasteiger partial charge in [0.1, 0.15) is 0 Å². The maximum Gasteiger partial charge on any atom is 0.229 e. The van der Waals surface area contributed by atoms with E-state index in [-0.39, 0.29) is 24.8 Å². The highest BCUT2D eigenvalue weighted by Crippen LogP contribution is 2.36. The third-order valence-electron chi connectivity index (χ3n) is 4.64. The van der Waals surface area contributed by atoms with Gasteiger partial charge in [0.05, 0.1) is 21.7 Å². The first-order valence-electron chi connectivity index (χ1n) is 8.41. The Bertz CT molecular complexity index is 872. The molecular weight excluding hydrogens is 371 g/mol. The van der Waals surface area contributed by atoms with Gasteiger partial charge in [0.25, 0.3) is 0 Å². The van der Waals surface area contributed by atoms with E-state index < -0.39 is 5.92 Å². The number of carbonyl (C=O) groups excluding carboxylic acids is 2. The number of anilines is 2. The fourth-order valence-electron chi connectivity index (χ4n) is 3.42. The maximum atomic E-state index is 12.7. The highest BCUT2D eigenvalue weighted by Gasteiger charge is 2.36. The second-order valence-electron chi connectivity index (χ2n) is 6.74. The lowest BCUT2D eigenvalue weighted by Crippen LogP contribution is -2.28. The van der Waals surface area contributed by atoms with Crippen molar-refractivity contribution in [1.82, 2.24) is 0 Å². The lowest BCUT2D eigenvalue weighted by molar-refractivity contribution is -0.122. The minimum absolute atomic E-state index is 0.133. The molecule has 0 aromatic heterocycles. The van der Waals surface area contributed by atoms with E-state index in [9.17, 15) is 9.59 Å². The molecule has 136 valence electrons. The third kappa shape index (κ3) is 3.57. The van der Waals surface area contributed by atoms with E-state index >= 15 is 0 Å². The van der Waals surface area contributed by atoms with Crippen LogP contribution in [0.4, 0.5) is 11.4 Å². The van der Waals surface area contributed by atoms with Crippen LogP contribution in [0.5, 0.6) is 0 Å². The summed E-state index contributed by atoms with van der Waals surface area (Å²) < 4.78 is 0. The van der Waals surface area contributed by atoms with Crippen LogP contribution in [0.1, 0.15) is 23.1 Å². The zero-order valence-electron chi connectivity index (χ0n) is 14.9. The van der Waals surface area contributed by atoms with Crippen molar-refractivity contribution in [2.45, 2.75) is 27.2 Å². The van der Waals surface area contributed by atoms with Crippen molar-refractivity contribution < 1.29 is 9.59 Å². The molecule has 0 saturated carbocycles. The molecule has 0 radical (unpaired) electrons. The largest absolute Gasteiger partial charge is 0.325 e. The monoisotopic (exact) mass is 390 g/mol. The van der Waals surface area contributed by atoms with Gasteiger partial charge in [-0.25, -0.2) is 0 Å². The van der Waals surface area contributed by atoms with Crippen molar-refractivity contribution in [2.75, 3.05) is 16.8 Å². The van der Waals surface area contributed by atoms with Crippen LogP contribution >= 0.6 is 23.2 Å². The second-order valence-corrected chi connectivity index (χ2v) is 7.53. The number of hydrogen-bond acceptors (Lipinski definition) is 2. The highest BCUT2D eigenvalue weighted by molar-refractivity contribution is 6.44.